The largest absolute Gasteiger partial charge is 0.494 e. The lowest BCUT2D eigenvalue weighted by molar-refractivity contribution is -0.689. The van der Waals surface area contributed by atoms with E-state index >= 15 is 0 Å². The SMILES string of the molecule is CCCCCCCCCCCCCCOc1ccc(NC(=O)Nc2ccccc2C[n+]2ccsc2C)cc1. The summed E-state index contributed by atoms with van der Waals surface area (Å²) in [4.78, 5) is 12.6. The number of urea groups is 1. The van der Waals surface area contributed by atoms with Crippen LogP contribution >= 0.6 is 11.3 Å². The summed E-state index contributed by atoms with van der Waals surface area (Å²) in [6.45, 7) is 5.83. The zero-order valence-corrected chi connectivity index (χ0v) is 24.2. The molecule has 3 aromatic rings. The van der Waals surface area contributed by atoms with E-state index in [0.29, 0.717) is 0 Å². The first-order valence-electron chi connectivity index (χ1n) is 14.5. The average molecular weight is 537 g/mol. The number of aryl methyl sites for hydroxylation is 1. The third kappa shape index (κ3) is 11.3. The molecular weight excluding hydrogens is 490 g/mol. The Hall–Kier alpha value is -2.86. The molecule has 38 heavy (non-hydrogen) atoms. The Balaban J connectivity index is 1.28. The van der Waals surface area contributed by atoms with Crippen molar-refractivity contribution in [2.75, 3.05) is 17.2 Å². The van der Waals surface area contributed by atoms with Crippen LogP contribution in [0.15, 0.2) is 60.1 Å². The number of para-hydroxylation sites is 1. The van der Waals surface area contributed by atoms with E-state index in [1.54, 1.807) is 11.3 Å². The smallest absolute Gasteiger partial charge is 0.323 e. The molecule has 2 aromatic carbocycles. The molecule has 0 atom stereocenters. The second-order valence-corrected chi connectivity index (χ2v) is 11.1. The fourth-order valence-electron chi connectivity index (χ4n) is 4.55. The van der Waals surface area contributed by atoms with Crippen LogP contribution in [0.1, 0.15) is 94.5 Å². The highest BCUT2D eigenvalue weighted by Crippen LogP contribution is 2.19. The van der Waals surface area contributed by atoms with Gasteiger partial charge in [0.2, 0.25) is 5.01 Å². The topological polar surface area (TPSA) is 54.2 Å². The molecule has 1 aromatic heterocycles. The normalized spacial score (nSPS) is 10.9. The Morgan fingerprint density at radius 1 is 0.816 bits per heavy atom. The number of rotatable bonds is 18. The number of amides is 2. The lowest BCUT2D eigenvalue weighted by Gasteiger charge is -2.11. The number of carbonyl (C=O) groups is 1. The molecule has 0 unspecified atom stereocenters. The minimum Gasteiger partial charge on any atom is -0.494 e. The predicted octanol–water partition coefficient (Wildman–Crippen LogP) is 9.12. The number of nitrogens with zero attached hydrogens (tertiary/aromatic N) is 1. The first-order valence-corrected chi connectivity index (χ1v) is 15.4. The van der Waals surface area contributed by atoms with Crippen LogP contribution in [0, 0.1) is 6.92 Å². The number of anilines is 2. The van der Waals surface area contributed by atoms with E-state index in [1.165, 1.54) is 75.6 Å². The van der Waals surface area contributed by atoms with Gasteiger partial charge in [0.15, 0.2) is 12.7 Å². The molecule has 2 amide bonds. The first-order chi connectivity index (χ1) is 18.7. The number of benzene rings is 2. The molecule has 2 N–H and O–H groups in total. The number of aromatic nitrogens is 1. The van der Waals surface area contributed by atoms with E-state index in [0.717, 1.165) is 42.3 Å². The third-order valence-corrected chi connectivity index (χ3v) is 7.70. The second-order valence-electron chi connectivity index (χ2n) is 10.0. The monoisotopic (exact) mass is 536 g/mol. The number of thiazole rings is 1. The van der Waals surface area contributed by atoms with Crippen molar-refractivity contribution in [3.05, 3.63) is 70.7 Å². The van der Waals surface area contributed by atoms with Gasteiger partial charge in [-0.1, -0.05) is 107 Å². The highest BCUT2D eigenvalue weighted by atomic mass is 32.1. The van der Waals surface area contributed by atoms with Gasteiger partial charge < -0.3 is 15.4 Å². The lowest BCUT2D eigenvalue weighted by atomic mass is 10.1. The van der Waals surface area contributed by atoms with Gasteiger partial charge in [0.25, 0.3) is 0 Å². The van der Waals surface area contributed by atoms with Gasteiger partial charge in [0, 0.05) is 18.2 Å². The van der Waals surface area contributed by atoms with Crippen molar-refractivity contribution in [1.82, 2.24) is 0 Å². The van der Waals surface area contributed by atoms with Gasteiger partial charge in [-0.3, -0.25) is 0 Å². The maximum absolute atomic E-state index is 12.6. The van der Waals surface area contributed by atoms with Crippen LogP contribution in [0.5, 0.6) is 5.75 Å². The fraction of sp³-hybridized carbons (Fsp3) is 0.500. The number of hydrogen-bond acceptors (Lipinski definition) is 3. The van der Waals surface area contributed by atoms with Crippen molar-refractivity contribution in [3.63, 3.8) is 0 Å². The molecule has 206 valence electrons. The molecule has 0 aliphatic heterocycles. The number of hydrogen-bond donors (Lipinski definition) is 2. The van der Waals surface area contributed by atoms with E-state index in [4.69, 9.17) is 4.74 Å². The van der Waals surface area contributed by atoms with E-state index in [9.17, 15) is 4.79 Å². The van der Waals surface area contributed by atoms with E-state index in [1.807, 2.05) is 48.5 Å². The molecule has 0 fully saturated rings. The number of unbranched alkanes of at least 4 members (excludes halogenated alkanes) is 11. The molecule has 0 bridgehead atoms. The molecule has 0 radical (unpaired) electrons. The molecule has 0 aliphatic rings. The highest BCUT2D eigenvalue weighted by Gasteiger charge is 2.13. The Labute approximate surface area is 233 Å². The van der Waals surface area contributed by atoms with Gasteiger partial charge in [-0.05, 0) is 36.8 Å². The third-order valence-electron chi connectivity index (χ3n) is 6.87. The Morgan fingerprint density at radius 3 is 2.08 bits per heavy atom. The zero-order chi connectivity index (χ0) is 26.8. The summed E-state index contributed by atoms with van der Waals surface area (Å²) in [5.41, 5.74) is 2.61. The number of ether oxygens (including phenoxy) is 1. The van der Waals surface area contributed by atoms with Crippen molar-refractivity contribution in [3.8, 4) is 5.75 Å². The molecule has 1 heterocycles. The molecule has 6 heteroatoms. The molecule has 0 saturated carbocycles. The van der Waals surface area contributed by atoms with Crippen LogP contribution in [-0.2, 0) is 6.54 Å². The van der Waals surface area contributed by atoms with Crippen LogP contribution in [-0.4, -0.2) is 12.6 Å². The maximum Gasteiger partial charge on any atom is 0.323 e. The van der Waals surface area contributed by atoms with Crippen LogP contribution in [0.4, 0.5) is 16.2 Å². The molecule has 3 rings (SSSR count). The van der Waals surface area contributed by atoms with Gasteiger partial charge in [-0.2, -0.15) is 4.57 Å². The number of carbonyl (C=O) groups excluding carboxylic acids is 1. The van der Waals surface area contributed by atoms with E-state index in [-0.39, 0.29) is 6.03 Å². The summed E-state index contributed by atoms with van der Waals surface area (Å²) in [6, 6.07) is 15.3. The zero-order valence-electron chi connectivity index (χ0n) is 23.3. The van der Waals surface area contributed by atoms with Crippen molar-refractivity contribution in [1.29, 1.82) is 0 Å². The molecule has 0 saturated heterocycles. The van der Waals surface area contributed by atoms with Gasteiger partial charge >= 0.3 is 6.03 Å². The van der Waals surface area contributed by atoms with Crippen LogP contribution in [0.2, 0.25) is 0 Å². The van der Waals surface area contributed by atoms with Crippen LogP contribution in [0.25, 0.3) is 0 Å². The van der Waals surface area contributed by atoms with Gasteiger partial charge in [-0.15, -0.1) is 0 Å². The highest BCUT2D eigenvalue weighted by molar-refractivity contribution is 7.09. The van der Waals surface area contributed by atoms with Crippen molar-refractivity contribution in [2.45, 2.75) is 97.4 Å². The van der Waals surface area contributed by atoms with Crippen LogP contribution < -0.4 is 19.9 Å². The van der Waals surface area contributed by atoms with E-state index < -0.39 is 0 Å². The predicted molar refractivity (Wildman–Crippen MR) is 160 cm³/mol. The summed E-state index contributed by atoms with van der Waals surface area (Å²) in [7, 11) is 0. The second kappa shape index (κ2) is 17.6. The van der Waals surface area contributed by atoms with Gasteiger partial charge in [0.1, 0.15) is 5.75 Å². The van der Waals surface area contributed by atoms with Crippen molar-refractivity contribution < 1.29 is 14.1 Å². The standard InChI is InChI=1S/C32H45N3O2S/c1-3-4-5-6-7-8-9-10-11-12-13-16-24-37-30-21-19-29(20-22-30)33-32(36)34-31-18-15-14-17-28(31)26-35-23-25-38-27(35)2/h14-15,17-23,25H,3-13,16,24,26H2,1-2H3,(H-,33,34,36)/p+1. The first kappa shape index (κ1) is 29.7. The Kier molecular flexibility index (Phi) is 13.8. The lowest BCUT2D eigenvalue weighted by Crippen LogP contribution is -2.34. The summed E-state index contributed by atoms with van der Waals surface area (Å²) < 4.78 is 8.08. The summed E-state index contributed by atoms with van der Waals surface area (Å²) >= 11 is 1.71. The molecular formula is C32H46N3O2S+. The molecule has 0 aliphatic carbocycles. The summed E-state index contributed by atoms with van der Waals surface area (Å²) in [6.07, 6.45) is 18.1. The van der Waals surface area contributed by atoms with Crippen molar-refractivity contribution >= 4 is 28.7 Å². The molecule has 5 nitrogen and oxygen atoms in total. The van der Waals surface area contributed by atoms with Crippen LogP contribution in [0.3, 0.4) is 0 Å². The summed E-state index contributed by atoms with van der Waals surface area (Å²) in [5, 5.41) is 9.22. The quantitative estimate of drug-likeness (QED) is 0.126. The number of nitrogens with one attached hydrogen (secondary N) is 2. The maximum atomic E-state index is 12.6. The summed E-state index contributed by atoms with van der Waals surface area (Å²) in [5.74, 6) is 0.840. The minimum absolute atomic E-state index is 0.255. The van der Waals surface area contributed by atoms with Gasteiger partial charge in [-0.25, -0.2) is 4.79 Å². The fourth-order valence-corrected chi connectivity index (χ4v) is 5.22. The minimum atomic E-state index is -0.255. The molecule has 0 spiro atoms. The van der Waals surface area contributed by atoms with Crippen molar-refractivity contribution in [2.24, 2.45) is 0 Å². The van der Waals surface area contributed by atoms with E-state index in [2.05, 4.69) is 40.6 Å². The Morgan fingerprint density at radius 2 is 1.45 bits per heavy atom. The Bertz CT molecular complexity index is 1060. The van der Waals surface area contributed by atoms with Gasteiger partial charge in [0.05, 0.1) is 17.7 Å². The average Bonchev–Trinajstić information content (AvgIpc) is 3.33.